The van der Waals surface area contributed by atoms with Crippen molar-refractivity contribution in [3.63, 3.8) is 0 Å². The fourth-order valence-electron chi connectivity index (χ4n) is 6.30. The molecule has 6 rings (SSSR count). The van der Waals surface area contributed by atoms with E-state index in [1.165, 1.54) is 6.92 Å². The maximum absolute atomic E-state index is 13.8. The summed E-state index contributed by atoms with van der Waals surface area (Å²) in [7, 11) is 4.04. The molecule has 0 spiro atoms. The van der Waals surface area contributed by atoms with Gasteiger partial charge in [0.25, 0.3) is 11.8 Å². The molecule has 1 fully saturated rings. The summed E-state index contributed by atoms with van der Waals surface area (Å²) in [6, 6.07) is 31.2. The van der Waals surface area contributed by atoms with Gasteiger partial charge < -0.3 is 34.9 Å². The molecule has 2 heterocycles. The number of piperazine rings is 1. The second kappa shape index (κ2) is 17.7. The lowest BCUT2D eigenvalue weighted by Crippen LogP contribution is -2.50. The smallest absolute Gasteiger partial charge is 0.287 e. The first-order valence-electron chi connectivity index (χ1n) is 18.1. The Balaban J connectivity index is 1.13. The average molecular weight is 728 g/mol. The first-order chi connectivity index (χ1) is 26.2. The van der Waals surface area contributed by atoms with E-state index < -0.39 is 11.9 Å². The van der Waals surface area contributed by atoms with Gasteiger partial charge in [0.2, 0.25) is 5.91 Å². The van der Waals surface area contributed by atoms with E-state index in [1.54, 1.807) is 53.4 Å². The minimum absolute atomic E-state index is 0.0274. The van der Waals surface area contributed by atoms with Crippen LogP contribution in [0.1, 0.15) is 56.2 Å². The van der Waals surface area contributed by atoms with Crippen molar-refractivity contribution in [1.82, 2.24) is 20.4 Å². The lowest BCUT2D eigenvalue weighted by atomic mass is 9.97. The molecule has 3 amide bonds. The van der Waals surface area contributed by atoms with Crippen molar-refractivity contribution in [3.8, 4) is 28.2 Å². The van der Waals surface area contributed by atoms with Gasteiger partial charge in [0.15, 0.2) is 11.5 Å². The predicted octanol–water partition coefficient (Wildman–Crippen LogP) is 6.30. The van der Waals surface area contributed by atoms with Crippen molar-refractivity contribution in [1.29, 1.82) is 0 Å². The molecule has 11 nitrogen and oxygen atoms in total. The molecule has 54 heavy (non-hydrogen) atoms. The molecule has 5 aromatic rings. The number of rotatable bonds is 14. The molecule has 4 aromatic carbocycles. The fourth-order valence-corrected chi connectivity index (χ4v) is 6.30. The van der Waals surface area contributed by atoms with Crippen LogP contribution in [-0.4, -0.2) is 86.7 Å². The number of Topliss-reactive ketones (excluding diaryl/α,β-unsaturated/α-hetero) is 1. The van der Waals surface area contributed by atoms with E-state index in [-0.39, 0.29) is 23.4 Å². The average Bonchev–Trinajstić information content (AvgIpc) is 3.70. The van der Waals surface area contributed by atoms with Crippen LogP contribution in [0, 0.1) is 0 Å². The molecule has 1 aromatic heterocycles. The van der Waals surface area contributed by atoms with Crippen molar-refractivity contribution in [3.05, 3.63) is 132 Å². The van der Waals surface area contributed by atoms with Gasteiger partial charge in [-0.05, 0) is 92.7 Å². The first-order valence-corrected chi connectivity index (χ1v) is 18.1. The molecule has 0 saturated carbocycles. The molecule has 1 aliphatic heterocycles. The molecule has 1 saturated heterocycles. The number of nitrogens with one attached hydrogen (secondary N) is 3. The Kier molecular flexibility index (Phi) is 12.3. The van der Waals surface area contributed by atoms with Gasteiger partial charge in [-0.3, -0.25) is 19.2 Å². The summed E-state index contributed by atoms with van der Waals surface area (Å²) in [5.41, 5.74) is 4.55. The van der Waals surface area contributed by atoms with Crippen LogP contribution in [-0.2, 0) is 4.79 Å². The molecule has 278 valence electrons. The Morgan fingerprint density at radius 2 is 1.57 bits per heavy atom. The Bertz CT molecular complexity index is 2080. The van der Waals surface area contributed by atoms with Gasteiger partial charge in [-0.25, -0.2) is 0 Å². The van der Waals surface area contributed by atoms with Crippen LogP contribution in [0.3, 0.4) is 0 Å². The lowest BCUT2D eigenvalue weighted by Gasteiger charge is -2.31. The molecule has 1 aliphatic rings. The van der Waals surface area contributed by atoms with Gasteiger partial charge in [-0.15, -0.1) is 0 Å². The number of amides is 3. The van der Waals surface area contributed by atoms with Gasteiger partial charge in [-0.2, -0.15) is 0 Å². The standard InChI is InChI=1S/C43H45N5O6/c1-29(49)36-10-4-5-11-37(36)30-12-14-32(15-13-30)41(50)45-34-9-6-8-33(28-34)38-20-21-39(54-38)42(51)46-40(43(52)48-25-22-44-23-26-48)31-16-18-35(19-17-31)53-27-7-24-47(2)3/h4-6,8-21,28,40,44H,7,22-27H2,1-3H3,(H,45,50)(H,46,51). The summed E-state index contributed by atoms with van der Waals surface area (Å²) < 4.78 is 11.9. The minimum Gasteiger partial charge on any atom is -0.494 e. The van der Waals surface area contributed by atoms with E-state index in [4.69, 9.17) is 9.15 Å². The second-order valence-corrected chi connectivity index (χ2v) is 13.4. The van der Waals surface area contributed by atoms with E-state index in [9.17, 15) is 19.2 Å². The zero-order valence-corrected chi connectivity index (χ0v) is 30.8. The number of hydrogen-bond acceptors (Lipinski definition) is 8. The van der Waals surface area contributed by atoms with Gasteiger partial charge >= 0.3 is 0 Å². The number of ether oxygens (including phenoxy) is 1. The molecule has 0 aliphatic carbocycles. The summed E-state index contributed by atoms with van der Waals surface area (Å²) in [6.07, 6.45) is 0.883. The number of ketones is 1. The zero-order valence-electron chi connectivity index (χ0n) is 30.8. The highest BCUT2D eigenvalue weighted by Gasteiger charge is 2.30. The molecule has 1 unspecified atom stereocenters. The van der Waals surface area contributed by atoms with E-state index in [1.807, 2.05) is 74.8 Å². The zero-order chi connectivity index (χ0) is 38.0. The predicted molar refractivity (Wildman–Crippen MR) is 209 cm³/mol. The number of furan rings is 1. The van der Waals surface area contributed by atoms with Crippen molar-refractivity contribution >= 4 is 29.2 Å². The summed E-state index contributed by atoms with van der Waals surface area (Å²) in [5, 5.41) is 9.09. The molecule has 3 N–H and O–H groups in total. The maximum Gasteiger partial charge on any atom is 0.287 e. The largest absolute Gasteiger partial charge is 0.494 e. The van der Waals surface area contributed by atoms with Gasteiger partial charge in [0, 0.05) is 55.1 Å². The van der Waals surface area contributed by atoms with E-state index in [0.29, 0.717) is 72.2 Å². The number of carbonyl (C=O) groups excluding carboxylic acids is 4. The number of nitrogens with zero attached hydrogens (tertiary/aromatic N) is 2. The van der Waals surface area contributed by atoms with Gasteiger partial charge in [0.05, 0.1) is 6.61 Å². The van der Waals surface area contributed by atoms with E-state index in [2.05, 4.69) is 20.9 Å². The summed E-state index contributed by atoms with van der Waals surface area (Å²) in [6.45, 7) is 5.45. The third-order valence-electron chi connectivity index (χ3n) is 9.18. The number of hydrogen-bond donors (Lipinski definition) is 3. The van der Waals surface area contributed by atoms with Crippen LogP contribution >= 0.6 is 0 Å². The number of benzene rings is 4. The Morgan fingerprint density at radius 3 is 2.30 bits per heavy atom. The molecule has 1 atom stereocenters. The Morgan fingerprint density at radius 1 is 0.833 bits per heavy atom. The van der Waals surface area contributed by atoms with Crippen molar-refractivity contribution < 1.29 is 28.3 Å². The minimum atomic E-state index is -0.927. The number of carbonyl (C=O) groups is 4. The van der Waals surface area contributed by atoms with E-state index in [0.717, 1.165) is 24.1 Å². The van der Waals surface area contributed by atoms with Crippen LogP contribution in [0.5, 0.6) is 5.75 Å². The summed E-state index contributed by atoms with van der Waals surface area (Å²) in [4.78, 5) is 56.5. The normalized spacial score (nSPS) is 13.3. The van der Waals surface area contributed by atoms with Gasteiger partial charge in [-0.1, -0.05) is 60.7 Å². The molecule has 11 heteroatoms. The van der Waals surface area contributed by atoms with Crippen LogP contribution in [0.2, 0.25) is 0 Å². The molecule has 0 bridgehead atoms. The molecule has 0 radical (unpaired) electrons. The topological polar surface area (TPSA) is 133 Å². The maximum atomic E-state index is 13.8. The molecular formula is C43H45N5O6. The highest BCUT2D eigenvalue weighted by atomic mass is 16.5. The third-order valence-corrected chi connectivity index (χ3v) is 9.18. The monoisotopic (exact) mass is 727 g/mol. The first kappa shape index (κ1) is 37.7. The van der Waals surface area contributed by atoms with Crippen LogP contribution in [0.4, 0.5) is 5.69 Å². The fraction of sp³-hybridized carbons (Fsp3) is 0.256. The van der Waals surface area contributed by atoms with Crippen molar-refractivity contribution in [2.75, 3.05) is 58.7 Å². The van der Waals surface area contributed by atoms with Crippen molar-refractivity contribution in [2.45, 2.75) is 19.4 Å². The third kappa shape index (κ3) is 9.49. The second-order valence-electron chi connectivity index (χ2n) is 13.4. The van der Waals surface area contributed by atoms with Crippen LogP contribution in [0.15, 0.2) is 114 Å². The SMILES string of the molecule is CC(=O)c1ccccc1-c1ccc(C(=O)Nc2cccc(-c3ccc(C(=O)NC(C(=O)N4CCNCC4)c4ccc(OCCCN(C)C)cc4)o3)c2)cc1. The summed E-state index contributed by atoms with van der Waals surface area (Å²) in [5.74, 6) is 0.0993. The molecular weight excluding hydrogens is 683 g/mol. The van der Waals surface area contributed by atoms with E-state index >= 15 is 0 Å². The highest BCUT2D eigenvalue weighted by molar-refractivity contribution is 6.05. The lowest BCUT2D eigenvalue weighted by molar-refractivity contribution is -0.134. The van der Waals surface area contributed by atoms with Crippen molar-refractivity contribution in [2.24, 2.45) is 0 Å². The Labute approximate surface area is 315 Å². The number of anilines is 1. The summed E-state index contributed by atoms with van der Waals surface area (Å²) >= 11 is 0. The Hall–Kier alpha value is -6.04. The van der Waals surface area contributed by atoms with Gasteiger partial charge in [0.1, 0.15) is 17.6 Å². The van der Waals surface area contributed by atoms with Crippen LogP contribution < -0.4 is 20.7 Å². The quantitative estimate of drug-likeness (QED) is 0.0897. The highest BCUT2D eigenvalue weighted by Crippen LogP contribution is 2.28. The van der Waals surface area contributed by atoms with Crippen LogP contribution in [0.25, 0.3) is 22.5 Å².